The molecule has 0 saturated carbocycles. The van der Waals surface area contributed by atoms with Crippen molar-refractivity contribution in [2.75, 3.05) is 26.8 Å². The molecule has 0 aromatic heterocycles. The maximum atomic E-state index is 13.0. The Morgan fingerprint density at radius 2 is 1.72 bits per heavy atom. The number of benzene rings is 1. The summed E-state index contributed by atoms with van der Waals surface area (Å²) >= 11 is 0. The number of nitrogens with zero attached hydrogens (tertiary/aromatic N) is 1. The molecule has 2 amide bonds. The number of methoxy groups -OCH3 is 1. The highest BCUT2D eigenvalue weighted by Gasteiger charge is 2.38. The molecule has 0 aliphatic carbocycles. The van der Waals surface area contributed by atoms with Crippen molar-refractivity contribution in [2.45, 2.75) is 31.7 Å². The molecule has 0 spiro atoms. The molecule has 1 aliphatic rings. The topological polar surface area (TPSA) is 58.6 Å². The molecule has 1 N–H and O–H groups in total. The van der Waals surface area contributed by atoms with Gasteiger partial charge in [-0.05, 0) is 30.2 Å². The Kier molecular flexibility index (Phi) is 7.15. The molecule has 1 unspecified atom stereocenters. The first kappa shape index (κ1) is 23.0. The lowest BCUT2D eigenvalue weighted by molar-refractivity contribution is -0.143. The van der Waals surface area contributed by atoms with Crippen LogP contribution in [0.2, 0.25) is 0 Å². The smallest absolute Gasteiger partial charge is 0.385 e. The third-order valence-electron chi connectivity index (χ3n) is 4.43. The van der Waals surface area contributed by atoms with Gasteiger partial charge in [-0.2, -0.15) is 26.3 Å². The molecule has 1 aromatic carbocycles. The number of ether oxygens (including phenoxy) is 1. The summed E-state index contributed by atoms with van der Waals surface area (Å²) in [6.07, 6.45) is -9.51. The van der Waals surface area contributed by atoms with Crippen molar-refractivity contribution in [3.05, 3.63) is 34.9 Å². The van der Waals surface area contributed by atoms with E-state index in [4.69, 9.17) is 4.74 Å². The van der Waals surface area contributed by atoms with Crippen LogP contribution >= 0.6 is 0 Å². The molecule has 1 aromatic rings. The minimum Gasteiger partial charge on any atom is -0.385 e. The first-order valence-electron chi connectivity index (χ1n) is 8.74. The Morgan fingerprint density at radius 3 is 2.24 bits per heavy atom. The highest BCUT2D eigenvalue weighted by atomic mass is 19.4. The van der Waals surface area contributed by atoms with Crippen LogP contribution in [0.25, 0.3) is 0 Å². The summed E-state index contributed by atoms with van der Waals surface area (Å²) in [5.74, 6) is -1.61. The fraction of sp³-hybridized carbons (Fsp3) is 0.556. The van der Waals surface area contributed by atoms with Gasteiger partial charge in [-0.3, -0.25) is 9.59 Å². The molecular weight excluding hydrogens is 406 g/mol. The predicted molar refractivity (Wildman–Crippen MR) is 89.5 cm³/mol. The van der Waals surface area contributed by atoms with Gasteiger partial charge in [0.05, 0.1) is 17.0 Å². The molecule has 2 rings (SSSR count). The van der Waals surface area contributed by atoms with Gasteiger partial charge in [-0.25, -0.2) is 0 Å². The lowest BCUT2D eigenvalue weighted by Gasteiger charge is -2.19. The predicted octanol–water partition coefficient (Wildman–Crippen LogP) is 3.23. The number of rotatable bonds is 7. The molecule has 1 aliphatic heterocycles. The van der Waals surface area contributed by atoms with Gasteiger partial charge in [0.25, 0.3) is 0 Å². The van der Waals surface area contributed by atoms with Gasteiger partial charge < -0.3 is 15.0 Å². The average molecular weight is 426 g/mol. The van der Waals surface area contributed by atoms with Gasteiger partial charge in [0.15, 0.2) is 0 Å². The zero-order valence-corrected chi connectivity index (χ0v) is 15.5. The number of halogens is 6. The molecule has 5 nitrogen and oxygen atoms in total. The second kappa shape index (κ2) is 9.02. The molecule has 1 saturated heterocycles. The Hall–Kier alpha value is -2.30. The van der Waals surface area contributed by atoms with Crippen molar-refractivity contribution < 1.29 is 40.7 Å². The van der Waals surface area contributed by atoms with Crippen molar-refractivity contribution in [1.29, 1.82) is 0 Å². The minimum atomic E-state index is -4.96. The first-order valence-corrected chi connectivity index (χ1v) is 8.74. The number of nitrogens with one attached hydrogen (secondary N) is 1. The number of hydrogen-bond acceptors (Lipinski definition) is 3. The van der Waals surface area contributed by atoms with Crippen molar-refractivity contribution >= 4 is 11.8 Å². The van der Waals surface area contributed by atoms with E-state index >= 15 is 0 Å². The Balaban J connectivity index is 2.11. The van der Waals surface area contributed by atoms with Crippen LogP contribution in [0.1, 0.15) is 29.5 Å². The van der Waals surface area contributed by atoms with Crippen molar-refractivity contribution in [3.8, 4) is 0 Å². The van der Waals surface area contributed by atoms with Crippen LogP contribution in [0.15, 0.2) is 18.2 Å². The molecule has 162 valence electrons. The van der Waals surface area contributed by atoms with Gasteiger partial charge in [-0.15, -0.1) is 0 Å². The lowest BCUT2D eigenvalue weighted by atomic mass is 10.0. The molecule has 0 radical (unpaired) electrons. The van der Waals surface area contributed by atoms with E-state index in [1.54, 1.807) is 0 Å². The summed E-state index contributed by atoms with van der Waals surface area (Å²) in [5.41, 5.74) is -3.19. The third-order valence-corrected chi connectivity index (χ3v) is 4.43. The zero-order valence-electron chi connectivity index (χ0n) is 15.5. The van der Waals surface area contributed by atoms with Crippen molar-refractivity contribution in [3.63, 3.8) is 0 Å². The average Bonchev–Trinajstić information content (AvgIpc) is 2.97. The number of alkyl halides is 6. The molecule has 11 heteroatoms. The van der Waals surface area contributed by atoms with Gasteiger partial charge >= 0.3 is 12.4 Å². The molecule has 0 bridgehead atoms. The summed E-state index contributed by atoms with van der Waals surface area (Å²) in [5, 5.41) is 2.63. The summed E-state index contributed by atoms with van der Waals surface area (Å²) in [6.45, 7) is 0.249. The van der Waals surface area contributed by atoms with Crippen LogP contribution in [-0.4, -0.2) is 43.5 Å². The Bertz CT molecular complexity index is 716. The fourth-order valence-corrected chi connectivity index (χ4v) is 3.00. The quantitative estimate of drug-likeness (QED) is 0.538. The molecule has 29 heavy (non-hydrogen) atoms. The zero-order chi connectivity index (χ0) is 21.8. The van der Waals surface area contributed by atoms with Gasteiger partial charge in [0.1, 0.15) is 0 Å². The van der Waals surface area contributed by atoms with Crippen LogP contribution in [0, 0.1) is 5.92 Å². The van der Waals surface area contributed by atoms with Crippen LogP contribution < -0.4 is 5.32 Å². The standard InChI is InChI=1S/C18H20F6N2O3/c1-29-4-2-3-25-16(28)12-7-15(27)26(10-12)9-11-5-13(17(19,20)21)8-14(6-11)18(22,23)24/h5-6,8,12H,2-4,7,9-10H2,1H3,(H,25,28). The van der Waals surface area contributed by atoms with Gasteiger partial charge in [0, 0.05) is 39.8 Å². The second-order valence-electron chi connectivity index (χ2n) is 6.73. The van der Waals surface area contributed by atoms with Crippen LogP contribution in [0.3, 0.4) is 0 Å². The minimum absolute atomic E-state index is 0.0333. The SMILES string of the molecule is COCCCNC(=O)C1CC(=O)N(Cc2cc(C(F)(F)F)cc(C(F)(F)F)c2)C1. The van der Waals surface area contributed by atoms with E-state index in [9.17, 15) is 35.9 Å². The van der Waals surface area contributed by atoms with Crippen LogP contribution in [0.5, 0.6) is 0 Å². The number of carbonyl (C=O) groups excluding carboxylic acids is 2. The van der Waals surface area contributed by atoms with E-state index < -0.39 is 47.8 Å². The third kappa shape index (κ3) is 6.34. The second-order valence-corrected chi connectivity index (χ2v) is 6.73. The lowest BCUT2D eigenvalue weighted by Crippen LogP contribution is -2.33. The fourth-order valence-electron chi connectivity index (χ4n) is 3.00. The number of likely N-dealkylation sites (tertiary alicyclic amines) is 1. The van der Waals surface area contributed by atoms with E-state index in [1.165, 1.54) is 7.11 Å². The summed E-state index contributed by atoms with van der Waals surface area (Å²) in [4.78, 5) is 25.3. The molecule has 1 heterocycles. The Labute approximate surface area is 163 Å². The number of carbonyl (C=O) groups is 2. The molecule has 1 atom stereocenters. The van der Waals surface area contributed by atoms with E-state index in [2.05, 4.69) is 5.32 Å². The number of hydrogen-bond donors (Lipinski definition) is 1. The van der Waals surface area contributed by atoms with Crippen LogP contribution in [0.4, 0.5) is 26.3 Å². The maximum Gasteiger partial charge on any atom is 0.416 e. The van der Waals surface area contributed by atoms with Crippen molar-refractivity contribution in [2.24, 2.45) is 5.92 Å². The van der Waals surface area contributed by atoms with Gasteiger partial charge in [0.2, 0.25) is 11.8 Å². The van der Waals surface area contributed by atoms with E-state index in [0.29, 0.717) is 31.7 Å². The first-order chi connectivity index (χ1) is 13.4. The molecule has 1 fully saturated rings. The monoisotopic (exact) mass is 426 g/mol. The highest BCUT2D eigenvalue weighted by Crippen LogP contribution is 2.36. The normalized spacial score (nSPS) is 17.7. The Morgan fingerprint density at radius 1 is 1.14 bits per heavy atom. The van der Waals surface area contributed by atoms with Gasteiger partial charge in [-0.1, -0.05) is 0 Å². The number of amides is 2. The van der Waals surface area contributed by atoms with Crippen LogP contribution in [-0.2, 0) is 33.2 Å². The van der Waals surface area contributed by atoms with E-state index in [-0.39, 0.29) is 24.6 Å². The summed E-state index contributed by atoms with van der Waals surface area (Å²) in [6, 6.07) is 1.20. The van der Waals surface area contributed by atoms with E-state index in [0.717, 1.165) is 4.90 Å². The van der Waals surface area contributed by atoms with Crippen molar-refractivity contribution in [1.82, 2.24) is 10.2 Å². The summed E-state index contributed by atoms with van der Waals surface area (Å²) in [7, 11) is 1.51. The largest absolute Gasteiger partial charge is 0.416 e. The highest BCUT2D eigenvalue weighted by molar-refractivity contribution is 5.89. The maximum absolute atomic E-state index is 13.0. The van der Waals surface area contributed by atoms with E-state index in [1.807, 2.05) is 0 Å². The molecular formula is C18H20F6N2O3. The summed E-state index contributed by atoms with van der Waals surface area (Å²) < 4.78 is 82.6.